The van der Waals surface area contributed by atoms with Crippen molar-refractivity contribution in [3.63, 3.8) is 0 Å². The van der Waals surface area contributed by atoms with Crippen molar-refractivity contribution in [3.8, 4) is 0 Å². The molecule has 1 saturated heterocycles. The van der Waals surface area contributed by atoms with Gasteiger partial charge in [0.2, 0.25) is 5.91 Å². The number of aliphatic hydroxyl groups is 1. The summed E-state index contributed by atoms with van der Waals surface area (Å²) in [7, 11) is 0. The molecule has 0 aromatic carbocycles. The Morgan fingerprint density at radius 3 is 2.95 bits per heavy atom. The van der Waals surface area contributed by atoms with E-state index in [1.165, 1.54) is 16.7 Å². The number of nitrogens with zero attached hydrogens (tertiary/aromatic N) is 2. The lowest BCUT2D eigenvalue weighted by atomic mass is 9.83. The van der Waals surface area contributed by atoms with E-state index in [1.54, 1.807) is 13.1 Å². The largest absolute Gasteiger partial charge is 0.477 e. The Balaban J connectivity index is 1.97. The number of carboxylic acid groups (broad SMARTS) is 1. The minimum Gasteiger partial charge on any atom is -0.477 e. The quantitative estimate of drug-likeness (QED) is 0.261. The lowest BCUT2D eigenvalue weighted by molar-refractivity contribution is -0.161. The molecule has 0 aliphatic carbocycles. The average Bonchev–Trinajstić information content (AvgIpc) is 2.77. The fraction of sp³-hybridized carbons (Fsp3) is 0.643. The van der Waals surface area contributed by atoms with E-state index in [4.69, 9.17) is 0 Å². The highest BCUT2D eigenvalue weighted by atomic mass is 32.2. The minimum absolute atomic E-state index is 0.0777. The van der Waals surface area contributed by atoms with Gasteiger partial charge in [0.25, 0.3) is 0 Å². The van der Waals surface area contributed by atoms with Crippen LogP contribution in [0.25, 0.3) is 0 Å². The molecule has 0 bridgehead atoms. The van der Waals surface area contributed by atoms with Gasteiger partial charge in [-0.3, -0.25) is 4.79 Å². The number of β-lactam (4-membered cyclic amide) rings is 1. The molecule has 2 aliphatic heterocycles. The van der Waals surface area contributed by atoms with E-state index in [2.05, 4.69) is 10.5 Å². The van der Waals surface area contributed by atoms with Crippen LogP contribution in [0.3, 0.4) is 0 Å². The number of amides is 1. The normalized spacial score (nSPS) is 25.4. The Bertz CT molecular complexity index is 518. The van der Waals surface area contributed by atoms with Crippen molar-refractivity contribution >= 4 is 29.9 Å². The van der Waals surface area contributed by atoms with Gasteiger partial charge >= 0.3 is 5.97 Å². The fourth-order valence-corrected chi connectivity index (χ4v) is 3.85. The Kier molecular flexibility index (Phi) is 5.47. The maximum absolute atomic E-state index is 12.0. The number of carboxylic acids is 1. The number of hydrogen-bond donors (Lipinski definition) is 3. The van der Waals surface area contributed by atoms with Gasteiger partial charge < -0.3 is 20.5 Å². The van der Waals surface area contributed by atoms with E-state index in [0.717, 1.165) is 6.42 Å². The van der Waals surface area contributed by atoms with E-state index in [1.807, 2.05) is 6.92 Å². The number of fused-ring (bicyclic) bond motifs is 1. The molecule has 1 fully saturated rings. The number of nitrogens with one attached hydrogen (secondary N) is 1. The molecule has 0 radical (unpaired) electrons. The van der Waals surface area contributed by atoms with Gasteiger partial charge in [-0.15, -0.1) is 11.8 Å². The first-order valence-electron chi connectivity index (χ1n) is 7.33. The van der Waals surface area contributed by atoms with Crippen molar-refractivity contribution in [2.45, 2.75) is 38.8 Å². The van der Waals surface area contributed by atoms with Crippen LogP contribution in [0.5, 0.6) is 0 Å². The first-order chi connectivity index (χ1) is 10.5. The number of rotatable bonds is 8. The van der Waals surface area contributed by atoms with Crippen LogP contribution in [0.15, 0.2) is 15.7 Å². The Hall–Kier alpha value is -1.54. The first kappa shape index (κ1) is 16.8. The third kappa shape index (κ3) is 3.12. The van der Waals surface area contributed by atoms with Crippen molar-refractivity contribution in [3.05, 3.63) is 10.6 Å². The average molecular weight is 327 g/mol. The van der Waals surface area contributed by atoms with Gasteiger partial charge in [-0.1, -0.05) is 6.92 Å². The molecule has 3 N–H and O–H groups in total. The van der Waals surface area contributed by atoms with E-state index >= 15 is 0 Å². The predicted molar refractivity (Wildman–Crippen MR) is 84.3 cm³/mol. The van der Waals surface area contributed by atoms with Gasteiger partial charge in [-0.2, -0.15) is 5.10 Å². The fourth-order valence-electron chi connectivity index (χ4n) is 2.80. The van der Waals surface area contributed by atoms with Gasteiger partial charge in [-0.05, 0) is 13.3 Å². The molecule has 0 aromatic heterocycles. The molecular weight excluding hydrogens is 306 g/mol. The first-order valence-corrected chi connectivity index (χ1v) is 8.32. The highest BCUT2D eigenvalue weighted by Crippen LogP contribution is 2.46. The second kappa shape index (κ2) is 7.15. The second-order valence-electron chi connectivity index (χ2n) is 5.30. The molecule has 3 atom stereocenters. The van der Waals surface area contributed by atoms with E-state index in [-0.39, 0.29) is 17.6 Å². The van der Waals surface area contributed by atoms with Gasteiger partial charge in [0, 0.05) is 29.8 Å². The second-order valence-corrected chi connectivity index (χ2v) is 6.49. The molecule has 0 saturated carbocycles. The van der Waals surface area contributed by atoms with Crippen LogP contribution >= 0.6 is 11.8 Å². The van der Waals surface area contributed by atoms with Crippen LogP contribution in [-0.4, -0.2) is 57.6 Å². The summed E-state index contributed by atoms with van der Waals surface area (Å²) in [5.74, 6) is -1.20. The zero-order chi connectivity index (χ0) is 16.3. The topological polar surface area (TPSA) is 102 Å². The highest BCUT2D eigenvalue weighted by molar-refractivity contribution is 8.03. The molecule has 2 heterocycles. The van der Waals surface area contributed by atoms with Crippen molar-refractivity contribution in [2.24, 2.45) is 11.0 Å². The third-order valence-electron chi connectivity index (χ3n) is 3.75. The number of carbonyl (C=O) groups is 2. The van der Waals surface area contributed by atoms with Gasteiger partial charge in [0.15, 0.2) is 0 Å². The molecule has 22 heavy (non-hydrogen) atoms. The zero-order valence-electron chi connectivity index (χ0n) is 12.7. The van der Waals surface area contributed by atoms with Gasteiger partial charge in [-0.25, -0.2) is 4.79 Å². The predicted octanol–water partition coefficient (Wildman–Crippen LogP) is 0.613. The summed E-state index contributed by atoms with van der Waals surface area (Å²) in [5, 5.41) is 23.0. The van der Waals surface area contributed by atoms with Crippen LogP contribution in [0, 0.1) is 5.92 Å². The van der Waals surface area contributed by atoms with Gasteiger partial charge in [0.05, 0.1) is 18.1 Å². The molecular formula is C14H21N3O4S. The smallest absolute Gasteiger partial charge is 0.353 e. The third-order valence-corrected chi connectivity index (χ3v) is 4.86. The van der Waals surface area contributed by atoms with E-state index in [0.29, 0.717) is 23.6 Å². The summed E-state index contributed by atoms with van der Waals surface area (Å²) in [6, 6.07) is -0.216. The number of hydrazone groups is 1. The molecule has 0 spiro atoms. The Labute approximate surface area is 133 Å². The molecule has 122 valence electrons. The van der Waals surface area contributed by atoms with Crippen LogP contribution in [0.2, 0.25) is 0 Å². The van der Waals surface area contributed by atoms with E-state index < -0.39 is 18.0 Å². The van der Waals surface area contributed by atoms with Crippen LogP contribution in [0.4, 0.5) is 0 Å². The number of carbonyl (C=O) groups excluding carboxylic acids is 1. The molecule has 8 heteroatoms. The number of thioether (sulfide) groups is 1. The molecule has 2 rings (SSSR count). The van der Waals surface area contributed by atoms with Crippen molar-refractivity contribution in [1.29, 1.82) is 0 Å². The van der Waals surface area contributed by atoms with Crippen molar-refractivity contribution < 1.29 is 19.8 Å². The van der Waals surface area contributed by atoms with Crippen LogP contribution in [-0.2, 0) is 9.59 Å². The Morgan fingerprint density at radius 2 is 2.36 bits per heavy atom. The zero-order valence-corrected chi connectivity index (χ0v) is 13.5. The molecule has 7 nitrogen and oxygen atoms in total. The van der Waals surface area contributed by atoms with Crippen molar-refractivity contribution in [2.75, 3.05) is 12.3 Å². The SMILES string of the molecule is CC/C=N/NCCSC1=C(C(=O)O)N2C(=O)[C@H]([C@@H](C)O)[C@H]2C1. The minimum atomic E-state index is -1.08. The number of hydrogen-bond acceptors (Lipinski definition) is 6. The van der Waals surface area contributed by atoms with Crippen LogP contribution in [0.1, 0.15) is 26.7 Å². The summed E-state index contributed by atoms with van der Waals surface area (Å²) in [4.78, 5) is 25.5. The molecule has 0 aromatic rings. The lowest BCUT2D eigenvalue weighted by Gasteiger charge is -2.44. The standard InChI is InChI=1S/C14H21N3O4S/c1-3-4-15-16-5-6-22-10-7-9-11(8(2)18)13(19)17(9)12(10)14(20)21/h4,8-9,11,16,18H,3,5-7H2,1-2H3,(H,20,21)/b15-4+/t8-,9-,11-/m1/s1. The summed E-state index contributed by atoms with van der Waals surface area (Å²) < 4.78 is 0. The maximum Gasteiger partial charge on any atom is 0.353 e. The summed E-state index contributed by atoms with van der Waals surface area (Å²) >= 11 is 1.43. The van der Waals surface area contributed by atoms with Gasteiger partial charge in [0.1, 0.15) is 5.70 Å². The lowest BCUT2D eigenvalue weighted by Crippen LogP contribution is -2.61. The number of aliphatic hydroxyl groups excluding tert-OH is 1. The molecule has 0 unspecified atom stereocenters. The Morgan fingerprint density at radius 1 is 1.64 bits per heavy atom. The monoisotopic (exact) mass is 327 g/mol. The summed E-state index contributed by atoms with van der Waals surface area (Å²) in [6.45, 7) is 4.18. The molecule has 1 amide bonds. The maximum atomic E-state index is 12.0. The highest BCUT2D eigenvalue weighted by Gasteiger charge is 2.56. The number of aliphatic carboxylic acids is 1. The van der Waals surface area contributed by atoms with E-state index in [9.17, 15) is 19.8 Å². The van der Waals surface area contributed by atoms with Crippen LogP contribution < -0.4 is 5.43 Å². The summed E-state index contributed by atoms with van der Waals surface area (Å²) in [6.07, 6.45) is 2.37. The molecule has 2 aliphatic rings. The summed E-state index contributed by atoms with van der Waals surface area (Å²) in [5.41, 5.74) is 2.96. The van der Waals surface area contributed by atoms with Crippen molar-refractivity contribution in [1.82, 2.24) is 10.3 Å².